The predicted molar refractivity (Wildman–Crippen MR) is 72.8 cm³/mol. The van der Waals surface area contributed by atoms with E-state index in [-0.39, 0.29) is 37.0 Å². The van der Waals surface area contributed by atoms with E-state index >= 15 is 0 Å². The molecule has 3 fully saturated rings. The van der Waals surface area contributed by atoms with Crippen LogP contribution in [-0.4, -0.2) is 34.6 Å². The van der Waals surface area contributed by atoms with Crippen molar-refractivity contribution in [3.05, 3.63) is 0 Å². The molecule has 4 amide bonds. The Morgan fingerprint density at radius 1 is 1.00 bits per heavy atom. The average Bonchev–Trinajstić information content (AvgIpc) is 2.60. The van der Waals surface area contributed by atoms with Gasteiger partial charge >= 0.3 is 0 Å². The SMILES string of the molecule is O=C1CCC(N2C(=O)CC3(CCCCCC3)C2=O)C(=O)N1. The van der Waals surface area contributed by atoms with Crippen molar-refractivity contribution in [2.24, 2.45) is 5.41 Å². The highest BCUT2D eigenvalue weighted by atomic mass is 16.2. The Bertz CT molecular complexity index is 506. The van der Waals surface area contributed by atoms with Gasteiger partial charge in [0.05, 0.1) is 5.41 Å². The Balaban J connectivity index is 1.83. The first-order valence-electron chi connectivity index (χ1n) is 7.74. The smallest absolute Gasteiger partial charge is 0.249 e. The van der Waals surface area contributed by atoms with Crippen molar-refractivity contribution < 1.29 is 19.2 Å². The number of rotatable bonds is 1. The van der Waals surface area contributed by atoms with Crippen molar-refractivity contribution in [2.45, 2.75) is 63.8 Å². The molecule has 1 saturated carbocycles. The van der Waals surface area contributed by atoms with E-state index in [0.29, 0.717) is 0 Å². The van der Waals surface area contributed by atoms with Crippen LogP contribution in [0.2, 0.25) is 0 Å². The minimum Gasteiger partial charge on any atom is -0.295 e. The highest BCUT2D eigenvalue weighted by Gasteiger charge is 2.54. The van der Waals surface area contributed by atoms with E-state index in [4.69, 9.17) is 0 Å². The van der Waals surface area contributed by atoms with Gasteiger partial charge in [0.25, 0.3) is 0 Å². The molecule has 0 bridgehead atoms. The molecule has 1 unspecified atom stereocenters. The van der Waals surface area contributed by atoms with E-state index in [1.54, 1.807) is 0 Å². The average molecular weight is 292 g/mol. The van der Waals surface area contributed by atoms with E-state index < -0.39 is 17.4 Å². The number of carbonyl (C=O) groups excluding carboxylic acids is 4. The van der Waals surface area contributed by atoms with Crippen LogP contribution in [0.3, 0.4) is 0 Å². The van der Waals surface area contributed by atoms with Crippen LogP contribution in [0.15, 0.2) is 0 Å². The second-order valence-electron chi connectivity index (χ2n) is 6.41. The Morgan fingerprint density at radius 3 is 2.29 bits per heavy atom. The molecule has 6 heteroatoms. The number of hydrogen-bond acceptors (Lipinski definition) is 4. The third-order valence-electron chi connectivity index (χ3n) is 5.01. The minimum absolute atomic E-state index is 0.181. The van der Waals surface area contributed by atoms with Crippen molar-refractivity contribution in [1.29, 1.82) is 0 Å². The summed E-state index contributed by atoms with van der Waals surface area (Å²) in [5.41, 5.74) is -0.588. The minimum atomic E-state index is -0.801. The molecule has 114 valence electrons. The number of nitrogens with one attached hydrogen (secondary N) is 1. The van der Waals surface area contributed by atoms with Crippen LogP contribution in [0.4, 0.5) is 0 Å². The van der Waals surface area contributed by atoms with Gasteiger partial charge in [-0.1, -0.05) is 25.7 Å². The van der Waals surface area contributed by atoms with E-state index in [1.807, 2.05) is 0 Å². The van der Waals surface area contributed by atoms with Gasteiger partial charge < -0.3 is 0 Å². The summed E-state index contributed by atoms with van der Waals surface area (Å²) in [5, 5.41) is 2.23. The lowest BCUT2D eigenvalue weighted by atomic mass is 9.79. The zero-order chi connectivity index (χ0) is 15.0. The predicted octanol–water partition coefficient (Wildman–Crippen LogP) is 0.891. The summed E-state index contributed by atoms with van der Waals surface area (Å²) in [6.07, 6.45) is 6.25. The maximum absolute atomic E-state index is 12.8. The van der Waals surface area contributed by atoms with Crippen LogP contribution in [0.1, 0.15) is 57.8 Å². The van der Waals surface area contributed by atoms with Crippen molar-refractivity contribution in [1.82, 2.24) is 10.2 Å². The third-order valence-corrected chi connectivity index (χ3v) is 5.01. The molecule has 3 rings (SSSR count). The van der Waals surface area contributed by atoms with Crippen LogP contribution >= 0.6 is 0 Å². The van der Waals surface area contributed by atoms with Gasteiger partial charge in [0, 0.05) is 12.8 Å². The summed E-state index contributed by atoms with van der Waals surface area (Å²) < 4.78 is 0. The van der Waals surface area contributed by atoms with Gasteiger partial charge in [0.1, 0.15) is 6.04 Å². The van der Waals surface area contributed by atoms with E-state index in [9.17, 15) is 19.2 Å². The Morgan fingerprint density at radius 2 is 1.67 bits per heavy atom. The van der Waals surface area contributed by atoms with Crippen LogP contribution in [0.5, 0.6) is 0 Å². The lowest BCUT2D eigenvalue weighted by Gasteiger charge is -2.30. The lowest BCUT2D eigenvalue weighted by molar-refractivity contribution is -0.152. The third kappa shape index (κ3) is 2.36. The van der Waals surface area contributed by atoms with Crippen LogP contribution in [0, 0.1) is 5.41 Å². The summed E-state index contributed by atoms with van der Waals surface area (Å²) in [4.78, 5) is 49.5. The Hall–Kier alpha value is -1.72. The molecule has 2 saturated heterocycles. The standard InChI is InChI=1S/C15H20N2O4/c18-11-6-5-10(13(20)16-11)17-12(19)9-15(14(17)21)7-3-1-2-4-8-15/h10H,1-9H2,(H,16,18,20). The summed E-state index contributed by atoms with van der Waals surface area (Å²) >= 11 is 0. The zero-order valence-electron chi connectivity index (χ0n) is 12.0. The van der Waals surface area contributed by atoms with E-state index in [0.717, 1.165) is 43.4 Å². The second kappa shape index (κ2) is 5.24. The number of carbonyl (C=O) groups is 4. The van der Waals surface area contributed by atoms with Crippen LogP contribution in [-0.2, 0) is 19.2 Å². The zero-order valence-corrected chi connectivity index (χ0v) is 12.0. The molecule has 1 spiro atoms. The normalized spacial score (nSPS) is 29.7. The molecule has 1 N–H and O–H groups in total. The van der Waals surface area contributed by atoms with Gasteiger partial charge in [0.2, 0.25) is 23.6 Å². The fraction of sp³-hybridized carbons (Fsp3) is 0.733. The maximum Gasteiger partial charge on any atom is 0.249 e. The highest BCUT2D eigenvalue weighted by Crippen LogP contribution is 2.45. The number of amides is 4. The fourth-order valence-corrected chi connectivity index (χ4v) is 3.86. The molecular weight excluding hydrogens is 272 g/mol. The summed E-state index contributed by atoms with van der Waals surface area (Å²) in [6.45, 7) is 0. The monoisotopic (exact) mass is 292 g/mol. The molecule has 3 aliphatic rings. The van der Waals surface area contributed by atoms with Gasteiger partial charge in [-0.15, -0.1) is 0 Å². The first kappa shape index (κ1) is 14.2. The van der Waals surface area contributed by atoms with E-state index in [1.165, 1.54) is 0 Å². The molecule has 0 aromatic rings. The quantitative estimate of drug-likeness (QED) is 0.728. The van der Waals surface area contributed by atoms with Crippen LogP contribution in [0.25, 0.3) is 0 Å². The Labute approximate surface area is 123 Å². The topological polar surface area (TPSA) is 83.6 Å². The molecule has 0 aromatic heterocycles. The number of nitrogens with zero attached hydrogens (tertiary/aromatic N) is 1. The highest BCUT2D eigenvalue weighted by molar-refractivity contribution is 6.11. The van der Waals surface area contributed by atoms with E-state index in [2.05, 4.69) is 5.32 Å². The number of piperidine rings is 1. The molecular formula is C15H20N2O4. The molecule has 2 aliphatic heterocycles. The number of imide groups is 2. The summed E-state index contributed by atoms with van der Waals surface area (Å²) in [7, 11) is 0. The van der Waals surface area contributed by atoms with Crippen molar-refractivity contribution in [3.63, 3.8) is 0 Å². The van der Waals surface area contributed by atoms with Gasteiger partial charge in [-0.25, -0.2) is 0 Å². The summed E-state index contributed by atoms with van der Waals surface area (Å²) in [6, 6.07) is -0.801. The largest absolute Gasteiger partial charge is 0.295 e. The van der Waals surface area contributed by atoms with Gasteiger partial charge in [-0.3, -0.25) is 29.4 Å². The lowest BCUT2D eigenvalue weighted by Crippen LogP contribution is -2.55. The summed E-state index contributed by atoms with van der Waals surface area (Å²) in [5.74, 6) is -1.29. The van der Waals surface area contributed by atoms with Crippen molar-refractivity contribution in [2.75, 3.05) is 0 Å². The Kier molecular flexibility index (Phi) is 3.55. The fourth-order valence-electron chi connectivity index (χ4n) is 3.86. The van der Waals surface area contributed by atoms with Crippen molar-refractivity contribution in [3.8, 4) is 0 Å². The first-order valence-corrected chi connectivity index (χ1v) is 7.74. The van der Waals surface area contributed by atoms with Gasteiger partial charge in [-0.05, 0) is 19.3 Å². The molecule has 1 atom stereocenters. The number of likely N-dealkylation sites (tertiary alicyclic amines) is 1. The van der Waals surface area contributed by atoms with Gasteiger partial charge in [-0.2, -0.15) is 0 Å². The molecule has 0 radical (unpaired) electrons. The molecule has 21 heavy (non-hydrogen) atoms. The first-order chi connectivity index (χ1) is 10.0. The van der Waals surface area contributed by atoms with Crippen LogP contribution < -0.4 is 5.32 Å². The molecule has 0 aromatic carbocycles. The molecule has 1 aliphatic carbocycles. The molecule has 6 nitrogen and oxygen atoms in total. The second-order valence-corrected chi connectivity index (χ2v) is 6.41. The number of hydrogen-bond donors (Lipinski definition) is 1. The maximum atomic E-state index is 12.8. The van der Waals surface area contributed by atoms with Crippen molar-refractivity contribution >= 4 is 23.6 Å². The molecule has 2 heterocycles. The van der Waals surface area contributed by atoms with Gasteiger partial charge in [0.15, 0.2) is 0 Å².